The molecule has 1 N–H and O–H groups in total. The van der Waals surface area contributed by atoms with E-state index in [-0.39, 0.29) is 5.56 Å². The van der Waals surface area contributed by atoms with E-state index in [2.05, 4.69) is 20.9 Å². The molecule has 0 aliphatic carbocycles. The number of rotatable bonds is 1. The Labute approximate surface area is 88.5 Å². The van der Waals surface area contributed by atoms with Gasteiger partial charge < -0.3 is 5.11 Å². The van der Waals surface area contributed by atoms with Crippen molar-refractivity contribution in [3.05, 3.63) is 40.5 Å². The Bertz CT molecular complexity index is 510. The first kappa shape index (κ1) is 9.15. The molecule has 1 aromatic heterocycles. The molecule has 3 nitrogen and oxygen atoms in total. The first-order valence-electron chi connectivity index (χ1n) is 3.96. The van der Waals surface area contributed by atoms with E-state index in [4.69, 9.17) is 5.11 Å². The van der Waals surface area contributed by atoms with Crippen molar-refractivity contribution in [3.8, 4) is 0 Å². The molecule has 14 heavy (non-hydrogen) atoms. The summed E-state index contributed by atoms with van der Waals surface area (Å²) in [7, 11) is 0. The van der Waals surface area contributed by atoms with Gasteiger partial charge in [0.15, 0.2) is 0 Å². The molecule has 0 saturated heterocycles. The molecule has 2 rings (SSSR count). The Kier molecular flexibility index (Phi) is 2.21. The van der Waals surface area contributed by atoms with Gasteiger partial charge in [0.25, 0.3) is 0 Å². The molecule has 0 amide bonds. The number of aromatic nitrogens is 1. The molecule has 0 spiro atoms. The van der Waals surface area contributed by atoms with Gasteiger partial charge in [-0.1, -0.05) is 15.9 Å². The molecular weight excluding hydrogens is 246 g/mol. The fourth-order valence-electron chi connectivity index (χ4n) is 1.30. The number of hydrogen-bond donors (Lipinski definition) is 1. The summed E-state index contributed by atoms with van der Waals surface area (Å²) in [6.07, 6.45) is 1.50. The fourth-order valence-corrected chi connectivity index (χ4v) is 1.67. The zero-order chi connectivity index (χ0) is 10.1. The second kappa shape index (κ2) is 3.38. The summed E-state index contributed by atoms with van der Waals surface area (Å²) in [6, 6.07) is 6.87. The number of hydrogen-bond acceptors (Lipinski definition) is 2. The van der Waals surface area contributed by atoms with Crippen LogP contribution in [0.5, 0.6) is 0 Å². The number of halogens is 1. The van der Waals surface area contributed by atoms with Crippen LogP contribution in [0.1, 0.15) is 10.4 Å². The molecule has 2 aromatic rings. The second-order valence-corrected chi connectivity index (χ2v) is 3.74. The lowest BCUT2D eigenvalue weighted by atomic mass is 10.1. The van der Waals surface area contributed by atoms with Crippen LogP contribution in [-0.4, -0.2) is 16.1 Å². The lowest BCUT2D eigenvalue weighted by Crippen LogP contribution is -1.97. The number of carboxylic acid groups (broad SMARTS) is 1. The molecule has 0 bridgehead atoms. The largest absolute Gasteiger partial charge is 0.478 e. The number of nitrogens with zero attached hydrogens (tertiary/aromatic N) is 1. The van der Waals surface area contributed by atoms with Crippen molar-refractivity contribution in [2.75, 3.05) is 0 Å². The molecule has 1 aromatic carbocycles. The van der Waals surface area contributed by atoms with E-state index in [1.165, 1.54) is 12.3 Å². The minimum Gasteiger partial charge on any atom is -0.478 e. The lowest BCUT2D eigenvalue weighted by Gasteiger charge is -2.01. The first-order valence-corrected chi connectivity index (χ1v) is 4.75. The van der Waals surface area contributed by atoms with Crippen molar-refractivity contribution in [1.29, 1.82) is 0 Å². The Balaban J connectivity index is 2.84. The summed E-state index contributed by atoms with van der Waals surface area (Å²) < 4.78 is 0.848. The van der Waals surface area contributed by atoms with Crippen LogP contribution in [0.4, 0.5) is 0 Å². The van der Waals surface area contributed by atoms with E-state index in [9.17, 15) is 4.79 Å². The number of aromatic carboxylic acids is 1. The van der Waals surface area contributed by atoms with Crippen LogP contribution in [0.3, 0.4) is 0 Å². The molecule has 4 heteroatoms. The average Bonchev–Trinajstić information content (AvgIpc) is 2.16. The molecule has 0 saturated carbocycles. The molecule has 1 heterocycles. The summed E-state index contributed by atoms with van der Waals surface area (Å²) in [5.74, 6) is -0.935. The molecule has 0 unspecified atom stereocenters. The summed E-state index contributed by atoms with van der Waals surface area (Å²) in [5.41, 5.74) is 0.962. The van der Waals surface area contributed by atoms with Crippen LogP contribution >= 0.6 is 15.9 Å². The van der Waals surface area contributed by atoms with Crippen molar-refractivity contribution in [1.82, 2.24) is 4.98 Å². The lowest BCUT2D eigenvalue weighted by molar-refractivity contribution is 0.0699. The van der Waals surface area contributed by atoms with Crippen molar-refractivity contribution < 1.29 is 9.90 Å². The van der Waals surface area contributed by atoms with Crippen LogP contribution in [0.25, 0.3) is 10.9 Å². The normalized spacial score (nSPS) is 10.4. The van der Waals surface area contributed by atoms with Gasteiger partial charge in [0, 0.05) is 16.1 Å². The van der Waals surface area contributed by atoms with E-state index in [0.717, 1.165) is 4.47 Å². The number of pyridine rings is 1. The SMILES string of the molecule is O=C(O)c1ccnc2ccc(Br)cc12. The van der Waals surface area contributed by atoms with Crippen LogP contribution in [-0.2, 0) is 0 Å². The average molecular weight is 252 g/mol. The molecule has 0 aliphatic heterocycles. The van der Waals surface area contributed by atoms with Crippen molar-refractivity contribution in [2.24, 2.45) is 0 Å². The minimum atomic E-state index is -0.935. The Hall–Kier alpha value is -1.42. The van der Waals surface area contributed by atoms with Gasteiger partial charge in [-0.15, -0.1) is 0 Å². The van der Waals surface area contributed by atoms with Gasteiger partial charge in [-0.25, -0.2) is 4.79 Å². The quantitative estimate of drug-likeness (QED) is 0.848. The highest BCUT2D eigenvalue weighted by molar-refractivity contribution is 9.10. The molecule has 0 atom stereocenters. The topological polar surface area (TPSA) is 50.2 Å². The monoisotopic (exact) mass is 251 g/mol. The molecule has 0 aliphatic rings. The van der Waals surface area contributed by atoms with Gasteiger partial charge in [-0.3, -0.25) is 4.98 Å². The highest BCUT2D eigenvalue weighted by Crippen LogP contribution is 2.21. The number of benzene rings is 1. The van der Waals surface area contributed by atoms with Crippen LogP contribution in [0.2, 0.25) is 0 Å². The molecule has 0 fully saturated rings. The van der Waals surface area contributed by atoms with Crippen LogP contribution in [0, 0.1) is 0 Å². The van der Waals surface area contributed by atoms with Gasteiger partial charge in [-0.2, -0.15) is 0 Å². The Morgan fingerprint density at radius 3 is 2.86 bits per heavy atom. The van der Waals surface area contributed by atoms with Crippen molar-refractivity contribution in [2.45, 2.75) is 0 Å². The van der Waals surface area contributed by atoms with Gasteiger partial charge in [-0.05, 0) is 24.3 Å². The number of carboxylic acids is 1. The van der Waals surface area contributed by atoms with Crippen molar-refractivity contribution >= 4 is 32.8 Å². The van der Waals surface area contributed by atoms with Gasteiger partial charge in [0.2, 0.25) is 0 Å². The zero-order valence-electron chi connectivity index (χ0n) is 7.07. The van der Waals surface area contributed by atoms with E-state index in [1.54, 1.807) is 12.1 Å². The predicted molar refractivity (Wildman–Crippen MR) is 56.4 cm³/mol. The summed E-state index contributed by atoms with van der Waals surface area (Å²) in [4.78, 5) is 15.0. The standard InChI is InChI=1S/C10H6BrNO2/c11-6-1-2-9-8(5-6)7(10(13)14)3-4-12-9/h1-5H,(H,13,14). The van der Waals surface area contributed by atoms with E-state index in [1.807, 2.05) is 6.07 Å². The zero-order valence-corrected chi connectivity index (χ0v) is 8.65. The van der Waals surface area contributed by atoms with Gasteiger partial charge in [0.05, 0.1) is 11.1 Å². The maximum Gasteiger partial charge on any atom is 0.336 e. The third kappa shape index (κ3) is 1.48. The third-order valence-corrected chi connectivity index (χ3v) is 2.43. The van der Waals surface area contributed by atoms with E-state index < -0.39 is 5.97 Å². The molecule has 0 radical (unpaired) electrons. The maximum atomic E-state index is 10.9. The van der Waals surface area contributed by atoms with Gasteiger partial charge in [0.1, 0.15) is 0 Å². The minimum absolute atomic E-state index is 0.274. The van der Waals surface area contributed by atoms with Crippen LogP contribution in [0.15, 0.2) is 34.9 Å². The molecule has 70 valence electrons. The van der Waals surface area contributed by atoms with Crippen molar-refractivity contribution in [3.63, 3.8) is 0 Å². The summed E-state index contributed by atoms with van der Waals surface area (Å²) in [5, 5.41) is 9.58. The first-order chi connectivity index (χ1) is 6.68. The third-order valence-electron chi connectivity index (χ3n) is 1.93. The second-order valence-electron chi connectivity index (χ2n) is 2.83. The fraction of sp³-hybridized carbons (Fsp3) is 0. The Morgan fingerprint density at radius 1 is 1.36 bits per heavy atom. The summed E-state index contributed by atoms with van der Waals surface area (Å²) >= 11 is 3.29. The highest BCUT2D eigenvalue weighted by atomic mass is 79.9. The number of fused-ring (bicyclic) bond motifs is 1. The summed E-state index contributed by atoms with van der Waals surface area (Å²) in [6.45, 7) is 0. The Morgan fingerprint density at radius 2 is 2.14 bits per heavy atom. The smallest absolute Gasteiger partial charge is 0.336 e. The highest BCUT2D eigenvalue weighted by Gasteiger charge is 2.08. The van der Waals surface area contributed by atoms with E-state index >= 15 is 0 Å². The van der Waals surface area contributed by atoms with Crippen LogP contribution < -0.4 is 0 Å². The van der Waals surface area contributed by atoms with Gasteiger partial charge >= 0.3 is 5.97 Å². The number of carbonyl (C=O) groups is 1. The van der Waals surface area contributed by atoms with E-state index in [0.29, 0.717) is 10.9 Å². The maximum absolute atomic E-state index is 10.9. The predicted octanol–water partition coefficient (Wildman–Crippen LogP) is 2.70. The molecular formula is C10H6BrNO2.